The number of alkyl halides is 3. The number of rotatable bonds is 6. The molecule has 0 radical (unpaired) electrons. The van der Waals surface area contributed by atoms with Gasteiger partial charge in [-0.1, -0.05) is 12.1 Å². The van der Waals surface area contributed by atoms with E-state index in [1.54, 1.807) is 0 Å². The molecule has 0 aliphatic rings. The first-order chi connectivity index (χ1) is 14.8. The first kappa shape index (κ1) is 17.0. The molecule has 154 valence electrons. The topological polar surface area (TPSA) is 60.3 Å². The Kier molecular flexibility index (Phi) is 4.63. The van der Waals surface area contributed by atoms with Gasteiger partial charge in [-0.15, -0.1) is 13.2 Å². The lowest BCUT2D eigenvalue weighted by molar-refractivity contribution is -0.274. The SMILES string of the molecule is [2H]C([2H])([2H])NCc1cc(-c2ccccc2F)n(S(=O)(=O)c2ccc(OC(F)(F)F)cc2)c1. The van der Waals surface area contributed by atoms with Gasteiger partial charge in [0.1, 0.15) is 11.6 Å². The highest BCUT2D eigenvalue weighted by molar-refractivity contribution is 7.90. The van der Waals surface area contributed by atoms with Crippen LogP contribution >= 0.6 is 0 Å². The van der Waals surface area contributed by atoms with Crippen molar-refractivity contribution in [2.45, 2.75) is 17.8 Å². The average molecular weight is 431 g/mol. The van der Waals surface area contributed by atoms with Gasteiger partial charge in [0.2, 0.25) is 0 Å². The van der Waals surface area contributed by atoms with Crippen LogP contribution in [0.5, 0.6) is 5.75 Å². The van der Waals surface area contributed by atoms with Crippen molar-refractivity contribution in [3.05, 3.63) is 72.2 Å². The Balaban J connectivity index is 2.06. The quantitative estimate of drug-likeness (QED) is 0.596. The molecule has 0 atom stereocenters. The Morgan fingerprint density at radius 3 is 2.45 bits per heavy atom. The van der Waals surface area contributed by atoms with Crippen LogP contribution < -0.4 is 10.1 Å². The summed E-state index contributed by atoms with van der Waals surface area (Å²) < 4.78 is 104. The number of aromatic nitrogens is 1. The second kappa shape index (κ2) is 7.88. The first-order valence-electron chi connectivity index (χ1n) is 9.59. The number of halogens is 4. The van der Waals surface area contributed by atoms with Gasteiger partial charge in [-0.2, -0.15) is 0 Å². The molecule has 0 aliphatic heterocycles. The summed E-state index contributed by atoms with van der Waals surface area (Å²) in [6.45, 7) is -2.73. The number of hydrogen-bond donors (Lipinski definition) is 1. The van der Waals surface area contributed by atoms with Gasteiger partial charge in [0.15, 0.2) is 0 Å². The molecule has 5 nitrogen and oxygen atoms in total. The third-order valence-electron chi connectivity index (χ3n) is 3.90. The molecule has 0 bridgehead atoms. The summed E-state index contributed by atoms with van der Waals surface area (Å²) >= 11 is 0. The van der Waals surface area contributed by atoms with Crippen molar-refractivity contribution in [2.75, 3.05) is 6.98 Å². The Morgan fingerprint density at radius 2 is 1.83 bits per heavy atom. The van der Waals surface area contributed by atoms with Gasteiger partial charge in [0.25, 0.3) is 10.0 Å². The summed E-state index contributed by atoms with van der Waals surface area (Å²) in [5.41, 5.74) is 0.0919. The molecule has 3 aromatic rings. The summed E-state index contributed by atoms with van der Waals surface area (Å²) in [5, 5.41) is 2.24. The van der Waals surface area contributed by atoms with Crippen LogP contribution in [0.3, 0.4) is 0 Å². The molecule has 2 aromatic carbocycles. The van der Waals surface area contributed by atoms with Crippen molar-refractivity contribution < 1.29 is 34.8 Å². The average Bonchev–Trinajstić information content (AvgIpc) is 3.10. The number of hydrogen-bond acceptors (Lipinski definition) is 4. The zero-order valence-corrected chi connectivity index (χ0v) is 15.4. The van der Waals surface area contributed by atoms with Gasteiger partial charge in [-0.25, -0.2) is 16.8 Å². The summed E-state index contributed by atoms with van der Waals surface area (Å²) in [6.07, 6.45) is -3.82. The van der Waals surface area contributed by atoms with Crippen molar-refractivity contribution in [1.82, 2.24) is 9.29 Å². The van der Waals surface area contributed by atoms with Crippen molar-refractivity contribution in [1.29, 1.82) is 0 Å². The van der Waals surface area contributed by atoms with E-state index < -0.39 is 34.9 Å². The normalized spacial score (nSPS) is 14.1. The van der Waals surface area contributed by atoms with Gasteiger partial charge < -0.3 is 10.1 Å². The van der Waals surface area contributed by atoms with E-state index in [9.17, 15) is 26.0 Å². The lowest BCUT2D eigenvalue weighted by atomic mass is 10.1. The largest absolute Gasteiger partial charge is 0.573 e. The molecular formula is C19H16F4N2O3S. The van der Waals surface area contributed by atoms with Gasteiger partial charge >= 0.3 is 6.36 Å². The van der Waals surface area contributed by atoms with Crippen LogP contribution in [0.2, 0.25) is 0 Å². The van der Waals surface area contributed by atoms with Crippen LogP contribution in [0.1, 0.15) is 9.68 Å². The van der Waals surface area contributed by atoms with Crippen molar-refractivity contribution in [3.63, 3.8) is 0 Å². The molecule has 29 heavy (non-hydrogen) atoms. The minimum absolute atomic E-state index is 0.0618. The van der Waals surface area contributed by atoms with Crippen LogP contribution in [0.15, 0.2) is 65.7 Å². The fraction of sp³-hybridized carbons (Fsp3) is 0.158. The van der Waals surface area contributed by atoms with E-state index in [2.05, 4.69) is 10.1 Å². The maximum absolute atomic E-state index is 14.4. The van der Waals surface area contributed by atoms with E-state index in [0.717, 1.165) is 40.5 Å². The predicted octanol–water partition coefficient (Wildman–Crippen LogP) is 4.15. The minimum Gasteiger partial charge on any atom is -0.406 e. The monoisotopic (exact) mass is 431 g/mol. The first-order valence-corrected chi connectivity index (χ1v) is 9.53. The van der Waals surface area contributed by atoms with E-state index in [0.29, 0.717) is 0 Å². The molecule has 0 spiro atoms. The fourth-order valence-corrected chi connectivity index (χ4v) is 4.08. The second-order valence-electron chi connectivity index (χ2n) is 5.89. The number of benzene rings is 2. The highest BCUT2D eigenvalue weighted by atomic mass is 32.2. The summed E-state index contributed by atoms with van der Waals surface area (Å²) in [4.78, 5) is -0.379. The van der Waals surface area contributed by atoms with E-state index in [1.165, 1.54) is 24.3 Å². The second-order valence-corrected chi connectivity index (χ2v) is 7.70. The lowest BCUT2D eigenvalue weighted by Gasteiger charge is -2.12. The smallest absolute Gasteiger partial charge is 0.406 e. The molecule has 10 heteroatoms. The van der Waals surface area contributed by atoms with E-state index in [-0.39, 0.29) is 28.3 Å². The molecule has 0 fully saturated rings. The Labute approximate surface area is 168 Å². The molecule has 1 aromatic heterocycles. The highest BCUT2D eigenvalue weighted by Crippen LogP contribution is 2.30. The molecule has 1 heterocycles. The highest BCUT2D eigenvalue weighted by Gasteiger charge is 2.31. The van der Waals surface area contributed by atoms with E-state index in [1.807, 2.05) is 0 Å². The van der Waals surface area contributed by atoms with Gasteiger partial charge in [0, 0.05) is 22.4 Å². The maximum atomic E-state index is 14.4. The van der Waals surface area contributed by atoms with Gasteiger partial charge in [-0.3, -0.25) is 0 Å². The number of nitrogens with zero attached hydrogens (tertiary/aromatic N) is 1. The molecule has 3 rings (SSSR count). The molecule has 0 amide bonds. The van der Waals surface area contributed by atoms with Crippen molar-refractivity contribution in [3.8, 4) is 17.0 Å². The van der Waals surface area contributed by atoms with Crippen LogP contribution in [0.4, 0.5) is 17.6 Å². The zero-order chi connectivity index (χ0) is 23.7. The Hall–Kier alpha value is -2.85. The standard InChI is InChI=1S/C19H16F4N2O3S/c1-24-11-13-10-18(16-4-2-3-5-17(16)20)25(12-13)29(26,27)15-8-6-14(7-9-15)28-19(21,22)23/h2-10,12,24H,11H2,1H3/i1D3. The fourth-order valence-electron chi connectivity index (χ4n) is 2.69. The maximum Gasteiger partial charge on any atom is 0.573 e. The van der Waals surface area contributed by atoms with Crippen LogP contribution in [-0.2, 0) is 16.6 Å². The van der Waals surface area contributed by atoms with Crippen molar-refractivity contribution >= 4 is 10.0 Å². The summed E-state index contributed by atoms with van der Waals surface area (Å²) in [5.74, 6) is -1.33. The Morgan fingerprint density at radius 1 is 1.14 bits per heavy atom. The third-order valence-corrected chi connectivity index (χ3v) is 5.59. The third kappa shape index (κ3) is 4.60. The molecule has 1 N–H and O–H groups in total. The van der Waals surface area contributed by atoms with Crippen LogP contribution in [-0.4, -0.2) is 25.7 Å². The molecular weight excluding hydrogens is 412 g/mol. The van der Waals surface area contributed by atoms with Gasteiger partial charge in [0.05, 0.1) is 10.6 Å². The predicted molar refractivity (Wildman–Crippen MR) is 98.3 cm³/mol. The minimum atomic E-state index is -4.94. The number of nitrogens with one attached hydrogen (secondary N) is 1. The summed E-state index contributed by atoms with van der Waals surface area (Å²) in [6, 6.07) is 10.2. The number of ether oxygens (including phenoxy) is 1. The van der Waals surface area contributed by atoms with E-state index >= 15 is 0 Å². The molecule has 0 saturated carbocycles. The van der Waals surface area contributed by atoms with Crippen molar-refractivity contribution in [2.24, 2.45) is 0 Å². The van der Waals surface area contributed by atoms with Crippen LogP contribution in [0, 0.1) is 5.82 Å². The zero-order valence-electron chi connectivity index (χ0n) is 17.6. The molecule has 0 aliphatic carbocycles. The lowest BCUT2D eigenvalue weighted by Crippen LogP contribution is -2.17. The molecule has 0 unspecified atom stereocenters. The van der Waals surface area contributed by atoms with E-state index in [4.69, 9.17) is 4.11 Å². The van der Waals surface area contributed by atoms with Gasteiger partial charge in [-0.05, 0) is 55.0 Å². The Bertz CT molecular complexity index is 1210. The van der Waals surface area contributed by atoms with Crippen LogP contribution in [0.25, 0.3) is 11.3 Å². The molecule has 0 saturated heterocycles. The summed E-state index contributed by atoms with van der Waals surface area (Å²) in [7, 11) is -4.38.